The van der Waals surface area contributed by atoms with Gasteiger partial charge in [0, 0.05) is 24.7 Å². The summed E-state index contributed by atoms with van der Waals surface area (Å²) in [5.41, 5.74) is 10.6. The van der Waals surface area contributed by atoms with E-state index in [0.717, 1.165) is 27.9 Å². The van der Waals surface area contributed by atoms with Crippen molar-refractivity contribution < 1.29 is 24.2 Å². The largest absolute Gasteiger partial charge is 0.508 e. The number of para-hydroxylation sites is 2. The Morgan fingerprint density at radius 3 is 2.43 bits per heavy atom. The first kappa shape index (κ1) is 26.0. The molecule has 1 heterocycles. The molecule has 37 heavy (non-hydrogen) atoms. The number of phenols is 1. The van der Waals surface area contributed by atoms with Gasteiger partial charge in [-0.2, -0.15) is 0 Å². The number of fused-ring (bicyclic) bond motifs is 1. The van der Waals surface area contributed by atoms with Gasteiger partial charge < -0.3 is 30.5 Å². The number of ether oxygens (including phenoxy) is 2. The van der Waals surface area contributed by atoms with E-state index in [4.69, 9.17) is 15.2 Å². The Bertz CT molecular complexity index is 1300. The van der Waals surface area contributed by atoms with Gasteiger partial charge in [-0.25, -0.2) is 0 Å². The molecular weight excluding hydrogens is 470 g/mol. The lowest BCUT2D eigenvalue weighted by Gasteiger charge is -2.35. The Hall–Kier alpha value is -4.04. The first-order valence-electron chi connectivity index (χ1n) is 12.3. The van der Waals surface area contributed by atoms with E-state index in [-0.39, 0.29) is 23.6 Å². The molecule has 3 aromatic rings. The fourth-order valence-electron chi connectivity index (χ4n) is 4.85. The standard InChI is InChI=1S/C29H33N3O5/c1-17-13-20(34)14-18(2)22(17)16-24(30)29(35)31-25-11-12-32(19(3)33)26-10-9-21(15-23(25)26)37-28-8-6-5-7-27(28)36-4/h5-10,13-15,24-25,34H,11-12,16,30H2,1-4H3,(H,31,35)/t24-,25+/m0/s1. The smallest absolute Gasteiger partial charge is 0.237 e. The van der Waals surface area contributed by atoms with Crippen molar-refractivity contribution in [2.75, 3.05) is 18.6 Å². The van der Waals surface area contributed by atoms with Crippen molar-refractivity contribution in [3.63, 3.8) is 0 Å². The van der Waals surface area contributed by atoms with Crippen LogP contribution in [0.3, 0.4) is 0 Å². The van der Waals surface area contributed by atoms with E-state index in [2.05, 4.69) is 5.32 Å². The summed E-state index contributed by atoms with van der Waals surface area (Å²) < 4.78 is 11.5. The van der Waals surface area contributed by atoms with Crippen LogP contribution in [-0.2, 0) is 16.0 Å². The van der Waals surface area contributed by atoms with Crippen molar-refractivity contribution in [1.82, 2.24) is 5.32 Å². The molecule has 0 unspecified atom stereocenters. The second-order valence-electron chi connectivity index (χ2n) is 9.36. The maximum absolute atomic E-state index is 13.2. The van der Waals surface area contributed by atoms with E-state index in [1.54, 1.807) is 30.2 Å². The average molecular weight is 504 g/mol. The van der Waals surface area contributed by atoms with Crippen LogP contribution in [-0.4, -0.2) is 36.6 Å². The van der Waals surface area contributed by atoms with E-state index in [1.807, 2.05) is 50.2 Å². The highest BCUT2D eigenvalue weighted by atomic mass is 16.5. The number of nitrogens with two attached hydrogens (primary N) is 1. The van der Waals surface area contributed by atoms with Gasteiger partial charge in [-0.05, 0) is 85.8 Å². The Morgan fingerprint density at radius 2 is 1.78 bits per heavy atom. The molecule has 0 spiro atoms. The molecule has 1 aliphatic rings. The molecule has 8 nitrogen and oxygen atoms in total. The van der Waals surface area contributed by atoms with Gasteiger partial charge in [0.1, 0.15) is 11.5 Å². The molecule has 8 heteroatoms. The van der Waals surface area contributed by atoms with Crippen LogP contribution in [0.15, 0.2) is 54.6 Å². The van der Waals surface area contributed by atoms with Crippen molar-refractivity contribution in [3.8, 4) is 23.0 Å². The lowest BCUT2D eigenvalue weighted by Crippen LogP contribution is -2.46. The van der Waals surface area contributed by atoms with Crippen LogP contribution in [0.2, 0.25) is 0 Å². The molecule has 0 aromatic heterocycles. The third-order valence-electron chi connectivity index (χ3n) is 6.74. The zero-order valence-corrected chi connectivity index (χ0v) is 21.6. The van der Waals surface area contributed by atoms with Crippen LogP contribution < -0.4 is 25.4 Å². The normalized spacial score (nSPS) is 15.5. The summed E-state index contributed by atoms with van der Waals surface area (Å²) in [6.07, 6.45) is 0.889. The maximum Gasteiger partial charge on any atom is 0.237 e. The van der Waals surface area contributed by atoms with Crippen molar-refractivity contribution in [2.45, 2.75) is 45.7 Å². The molecule has 0 saturated heterocycles. The fourth-order valence-corrected chi connectivity index (χ4v) is 4.85. The summed E-state index contributed by atoms with van der Waals surface area (Å²) in [5, 5.41) is 12.9. The first-order valence-corrected chi connectivity index (χ1v) is 12.3. The van der Waals surface area contributed by atoms with Gasteiger partial charge in [-0.1, -0.05) is 12.1 Å². The molecule has 0 aliphatic carbocycles. The predicted molar refractivity (Wildman–Crippen MR) is 142 cm³/mol. The number of carbonyl (C=O) groups excluding carboxylic acids is 2. The second kappa shape index (κ2) is 10.9. The number of amides is 2. The topological polar surface area (TPSA) is 114 Å². The van der Waals surface area contributed by atoms with Crippen LogP contribution in [0.25, 0.3) is 0 Å². The summed E-state index contributed by atoms with van der Waals surface area (Å²) in [6.45, 7) is 5.79. The summed E-state index contributed by atoms with van der Waals surface area (Å²) in [4.78, 5) is 27.2. The summed E-state index contributed by atoms with van der Waals surface area (Å²) >= 11 is 0. The summed E-state index contributed by atoms with van der Waals surface area (Å²) in [7, 11) is 1.58. The molecule has 1 aliphatic heterocycles. The Balaban J connectivity index is 1.58. The molecule has 0 radical (unpaired) electrons. The van der Waals surface area contributed by atoms with E-state index >= 15 is 0 Å². The number of aryl methyl sites for hydroxylation is 2. The Labute approximate surface area is 217 Å². The van der Waals surface area contributed by atoms with Gasteiger partial charge in [0.05, 0.1) is 19.2 Å². The third-order valence-corrected chi connectivity index (χ3v) is 6.74. The number of nitrogens with one attached hydrogen (secondary N) is 1. The van der Waals surface area contributed by atoms with Crippen molar-refractivity contribution in [1.29, 1.82) is 0 Å². The highest BCUT2D eigenvalue weighted by Gasteiger charge is 2.30. The van der Waals surface area contributed by atoms with Crippen LogP contribution >= 0.6 is 0 Å². The lowest BCUT2D eigenvalue weighted by molar-refractivity contribution is -0.123. The van der Waals surface area contributed by atoms with Crippen molar-refractivity contribution in [3.05, 3.63) is 76.9 Å². The van der Waals surface area contributed by atoms with E-state index < -0.39 is 6.04 Å². The number of hydrogen-bond donors (Lipinski definition) is 3. The Kier molecular flexibility index (Phi) is 7.69. The first-order chi connectivity index (χ1) is 17.7. The van der Waals surface area contributed by atoms with Gasteiger partial charge in [-0.15, -0.1) is 0 Å². The Morgan fingerprint density at radius 1 is 1.11 bits per heavy atom. The van der Waals surface area contributed by atoms with Gasteiger partial charge in [0.15, 0.2) is 11.5 Å². The number of aromatic hydroxyl groups is 1. The van der Waals surface area contributed by atoms with Gasteiger partial charge in [-0.3, -0.25) is 9.59 Å². The van der Waals surface area contributed by atoms with E-state index in [1.165, 1.54) is 6.92 Å². The average Bonchev–Trinajstić information content (AvgIpc) is 2.86. The highest BCUT2D eigenvalue weighted by molar-refractivity contribution is 5.93. The number of benzene rings is 3. The molecular formula is C29H33N3O5. The minimum Gasteiger partial charge on any atom is -0.508 e. The van der Waals surface area contributed by atoms with Crippen LogP contribution in [0.1, 0.15) is 41.6 Å². The quantitative estimate of drug-likeness (QED) is 0.443. The number of carbonyl (C=O) groups is 2. The molecule has 0 fully saturated rings. The zero-order valence-electron chi connectivity index (χ0n) is 21.6. The van der Waals surface area contributed by atoms with Crippen molar-refractivity contribution >= 4 is 17.5 Å². The molecule has 0 bridgehead atoms. The molecule has 194 valence electrons. The van der Waals surface area contributed by atoms with Crippen LogP contribution in [0, 0.1) is 13.8 Å². The van der Waals surface area contributed by atoms with E-state index in [0.29, 0.717) is 36.6 Å². The molecule has 2 atom stereocenters. The maximum atomic E-state index is 13.2. The monoisotopic (exact) mass is 503 g/mol. The summed E-state index contributed by atoms with van der Waals surface area (Å²) in [5.74, 6) is 1.56. The number of rotatable bonds is 7. The van der Waals surface area contributed by atoms with Gasteiger partial charge in [0.25, 0.3) is 0 Å². The van der Waals surface area contributed by atoms with Gasteiger partial charge >= 0.3 is 0 Å². The number of anilines is 1. The predicted octanol–water partition coefficient (Wildman–Crippen LogP) is 4.29. The number of hydrogen-bond acceptors (Lipinski definition) is 6. The fraction of sp³-hybridized carbons (Fsp3) is 0.310. The van der Waals surface area contributed by atoms with Gasteiger partial charge in [0.2, 0.25) is 11.8 Å². The SMILES string of the molecule is COc1ccccc1Oc1ccc2c(c1)[C@H](NC(=O)[C@@H](N)Cc1c(C)cc(O)cc1C)CCN2C(C)=O. The third kappa shape index (κ3) is 5.70. The minimum absolute atomic E-state index is 0.0700. The molecule has 2 amide bonds. The van der Waals surface area contributed by atoms with Crippen molar-refractivity contribution in [2.24, 2.45) is 5.73 Å². The minimum atomic E-state index is -0.774. The molecule has 0 saturated carbocycles. The van der Waals surface area contributed by atoms with Crippen LogP contribution in [0.5, 0.6) is 23.0 Å². The lowest BCUT2D eigenvalue weighted by atomic mass is 9.94. The number of methoxy groups -OCH3 is 1. The molecule has 4 N–H and O–H groups in total. The van der Waals surface area contributed by atoms with E-state index in [9.17, 15) is 14.7 Å². The summed E-state index contributed by atoms with van der Waals surface area (Å²) in [6, 6.07) is 15.1. The zero-order chi connectivity index (χ0) is 26.7. The highest BCUT2D eigenvalue weighted by Crippen LogP contribution is 2.39. The molecule has 4 rings (SSSR count). The molecule has 3 aromatic carbocycles. The second-order valence-corrected chi connectivity index (χ2v) is 9.36. The van der Waals surface area contributed by atoms with Crippen LogP contribution in [0.4, 0.5) is 5.69 Å². The number of nitrogens with zero attached hydrogens (tertiary/aromatic N) is 1. The number of phenolic OH excluding ortho intramolecular Hbond substituents is 1.